The molecule has 1 aliphatic rings. The van der Waals surface area contributed by atoms with Crippen molar-refractivity contribution in [2.24, 2.45) is 4.99 Å². The average Bonchev–Trinajstić information content (AvgIpc) is 3.74. The normalized spacial score (nSPS) is 13.0. The molecule has 7 aromatic carbocycles. The van der Waals surface area contributed by atoms with E-state index in [1.165, 1.54) is 10.8 Å². The summed E-state index contributed by atoms with van der Waals surface area (Å²) in [5, 5.41) is 8.19. The molecule has 0 fully saturated rings. The molecule has 0 saturated carbocycles. The van der Waals surface area contributed by atoms with E-state index in [0.717, 1.165) is 78.1 Å². The van der Waals surface area contributed by atoms with Crippen LogP contribution in [0.25, 0.3) is 60.6 Å². The molecule has 0 radical (unpaired) electrons. The van der Waals surface area contributed by atoms with E-state index in [-0.39, 0.29) is 0 Å². The molecule has 3 heterocycles. The van der Waals surface area contributed by atoms with Crippen molar-refractivity contribution in [3.05, 3.63) is 187 Å². The molecular weight excluding hydrogens is 613 g/mol. The second-order valence-corrected chi connectivity index (χ2v) is 12.5. The van der Waals surface area contributed by atoms with Crippen LogP contribution < -0.4 is 9.98 Å². The second-order valence-electron chi connectivity index (χ2n) is 12.5. The number of aromatic nitrogens is 1. The standard InChI is InChI=1S/C45H28N4O/c1-3-12-29(13-4-1)43-46-44(30-14-5-2-6-15-30)48-45(47-43)31-22-25-33(26-23-31)49-39-20-9-7-16-35(39)36-27-24-32(28-40(36)49)34-18-11-19-38-37-17-8-10-21-41(37)50-42(34)38/h1-28H/p+1. The third-order valence-electron chi connectivity index (χ3n) is 9.54. The number of aliphatic imine (C=N–C) groups is 1. The van der Waals surface area contributed by atoms with Crippen LogP contribution >= 0.6 is 0 Å². The van der Waals surface area contributed by atoms with Gasteiger partial charge in [-0.05, 0) is 72.3 Å². The van der Waals surface area contributed by atoms with Crippen LogP contribution in [-0.2, 0) is 0 Å². The number of furan rings is 1. The van der Waals surface area contributed by atoms with Gasteiger partial charge in [0.1, 0.15) is 11.2 Å². The van der Waals surface area contributed by atoms with Gasteiger partial charge in [-0.1, -0.05) is 108 Å². The summed E-state index contributed by atoms with van der Waals surface area (Å²) in [6.45, 7) is 0. The molecular formula is C45H29N4O+. The molecule has 9 aromatic rings. The lowest BCUT2D eigenvalue weighted by Gasteiger charge is -2.11. The van der Waals surface area contributed by atoms with Gasteiger partial charge in [0, 0.05) is 32.8 Å². The Morgan fingerprint density at radius 3 is 1.98 bits per heavy atom. The number of fused-ring (bicyclic) bond motifs is 6. The number of amidine groups is 3. The van der Waals surface area contributed by atoms with Crippen molar-refractivity contribution >= 4 is 61.3 Å². The van der Waals surface area contributed by atoms with E-state index in [4.69, 9.17) is 14.1 Å². The quantitative estimate of drug-likeness (QED) is 0.190. The van der Waals surface area contributed by atoms with E-state index in [0.29, 0.717) is 5.84 Å². The highest BCUT2D eigenvalue weighted by atomic mass is 16.3. The maximum atomic E-state index is 6.43. The molecule has 2 aromatic heterocycles. The Morgan fingerprint density at radius 1 is 0.500 bits per heavy atom. The molecule has 0 bridgehead atoms. The van der Waals surface area contributed by atoms with Gasteiger partial charge in [0.2, 0.25) is 0 Å². The lowest BCUT2D eigenvalue weighted by atomic mass is 10.0. The molecule has 1 aliphatic heterocycles. The van der Waals surface area contributed by atoms with Crippen LogP contribution in [0.1, 0.15) is 16.7 Å². The van der Waals surface area contributed by atoms with Crippen molar-refractivity contribution < 1.29 is 4.42 Å². The first-order valence-electron chi connectivity index (χ1n) is 16.8. The molecule has 0 spiro atoms. The summed E-state index contributed by atoms with van der Waals surface area (Å²) in [6, 6.07) is 58.9. The Labute approximate surface area is 287 Å². The van der Waals surface area contributed by atoms with E-state index in [1.54, 1.807) is 0 Å². The topological polar surface area (TPSA) is 56.6 Å². The molecule has 5 nitrogen and oxygen atoms in total. The number of nitrogens with one attached hydrogen (secondary N) is 1. The van der Waals surface area contributed by atoms with Crippen molar-refractivity contribution in [2.75, 3.05) is 0 Å². The summed E-state index contributed by atoms with van der Waals surface area (Å²) >= 11 is 0. The first-order chi connectivity index (χ1) is 24.8. The van der Waals surface area contributed by atoms with E-state index in [9.17, 15) is 0 Å². The summed E-state index contributed by atoms with van der Waals surface area (Å²) in [5.74, 6) is 2.21. The minimum atomic E-state index is 0.677. The van der Waals surface area contributed by atoms with Crippen LogP contribution in [-0.4, -0.2) is 22.1 Å². The summed E-state index contributed by atoms with van der Waals surface area (Å²) in [5.41, 5.74) is 10.3. The number of nitrogens with zero attached hydrogens (tertiary/aromatic N) is 3. The average molecular weight is 642 g/mol. The Hall–Kier alpha value is -6.94. The van der Waals surface area contributed by atoms with Crippen molar-refractivity contribution in [1.82, 2.24) is 14.6 Å². The number of rotatable bonds is 5. The number of hydrogen-bond donors (Lipinski definition) is 1. The Morgan fingerprint density at radius 2 is 1.16 bits per heavy atom. The maximum absolute atomic E-state index is 6.43. The maximum Gasteiger partial charge on any atom is 0.360 e. The second kappa shape index (κ2) is 11.3. The first-order valence-corrected chi connectivity index (χ1v) is 16.8. The van der Waals surface area contributed by atoms with Crippen molar-refractivity contribution in [3.63, 3.8) is 0 Å². The lowest BCUT2D eigenvalue weighted by molar-refractivity contribution is 0.670. The molecule has 0 aliphatic carbocycles. The van der Waals surface area contributed by atoms with Crippen molar-refractivity contribution in [3.8, 4) is 16.8 Å². The lowest BCUT2D eigenvalue weighted by Crippen LogP contribution is -2.38. The Balaban J connectivity index is 1.10. The van der Waals surface area contributed by atoms with Gasteiger partial charge in [-0.15, -0.1) is 0 Å². The van der Waals surface area contributed by atoms with Gasteiger partial charge >= 0.3 is 11.7 Å². The number of para-hydroxylation sites is 3. The molecule has 1 N–H and O–H groups in total. The fourth-order valence-corrected chi connectivity index (χ4v) is 7.15. The number of benzene rings is 7. The smallest absolute Gasteiger partial charge is 0.360 e. The van der Waals surface area contributed by atoms with Gasteiger partial charge in [-0.3, -0.25) is 0 Å². The summed E-state index contributed by atoms with van der Waals surface area (Å²) in [7, 11) is 0. The molecule has 234 valence electrons. The van der Waals surface area contributed by atoms with Crippen LogP contribution in [0.5, 0.6) is 0 Å². The number of hydrogen-bond acceptors (Lipinski definition) is 3. The zero-order chi connectivity index (χ0) is 33.0. The molecule has 0 amide bonds. The van der Waals surface area contributed by atoms with E-state index >= 15 is 0 Å². The fourth-order valence-electron chi connectivity index (χ4n) is 7.15. The highest BCUT2D eigenvalue weighted by molar-refractivity contribution is 6.23. The summed E-state index contributed by atoms with van der Waals surface area (Å²) in [6.07, 6.45) is 0. The first kappa shape index (κ1) is 28.1. The highest BCUT2D eigenvalue weighted by Crippen LogP contribution is 2.39. The van der Waals surface area contributed by atoms with E-state index < -0.39 is 0 Å². The van der Waals surface area contributed by atoms with Crippen molar-refractivity contribution in [1.29, 1.82) is 0 Å². The molecule has 0 unspecified atom stereocenters. The SMILES string of the molecule is c1ccc(C2=NC(c3ccccc3)=[N+]=C(c3ccc(-n4c5ccccc5c5ccc(-c6cccc7c6oc6ccccc67)cc54)cc3)N2)cc1. The van der Waals surface area contributed by atoms with Gasteiger partial charge in [0.15, 0.2) is 0 Å². The highest BCUT2D eigenvalue weighted by Gasteiger charge is 2.26. The minimum absolute atomic E-state index is 0.677. The van der Waals surface area contributed by atoms with Gasteiger partial charge in [-0.2, -0.15) is 0 Å². The van der Waals surface area contributed by atoms with Gasteiger partial charge in [-0.25, -0.2) is 9.98 Å². The molecule has 0 saturated heterocycles. The monoisotopic (exact) mass is 641 g/mol. The van der Waals surface area contributed by atoms with Crippen LogP contribution in [0.15, 0.2) is 179 Å². The Bertz CT molecular complexity index is 2850. The molecule has 10 rings (SSSR count). The van der Waals surface area contributed by atoms with Crippen molar-refractivity contribution in [2.45, 2.75) is 0 Å². The zero-order valence-corrected chi connectivity index (χ0v) is 26.9. The summed E-state index contributed by atoms with van der Waals surface area (Å²) in [4.78, 5) is 4.91. The van der Waals surface area contributed by atoms with Gasteiger partial charge < -0.3 is 8.98 Å². The third-order valence-corrected chi connectivity index (χ3v) is 9.54. The molecule has 5 heteroatoms. The van der Waals surface area contributed by atoms with Crippen LogP contribution in [0.4, 0.5) is 0 Å². The van der Waals surface area contributed by atoms with Crippen LogP contribution in [0.3, 0.4) is 0 Å². The zero-order valence-electron chi connectivity index (χ0n) is 26.9. The summed E-state index contributed by atoms with van der Waals surface area (Å²) < 4.78 is 13.8. The van der Waals surface area contributed by atoms with E-state index in [2.05, 4.69) is 119 Å². The molecule has 50 heavy (non-hydrogen) atoms. The molecule has 0 atom stereocenters. The van der Waals surface area contributed by atoms with Gasteiger partial charge in [0.25, 0.3) is 5.84 Å². The van der Waals surface area contributed by atoms with E-state index in [1.807, 2.05) is 60.7 Å². The fraction of sp³-hybridized carbons (Fsp3) is 0. The van der Waals surface area contributed by atoms with Crippen LogP contribution in [0, 0.1) is 0 Å². The largest absolute Gasteiger partial charge is 0.455 e. The third kappa shape index (κ3) is 4.57. The Kier molecular flexibility index (Phi) is 6.38. The predicted octanol–water partition coefficient (Wildman–Crippen LogP) is 9.66. The van der Waals surface area contributed by atoms with Crippen LogP contribution in [0.2, 0.25) is 0 Å². The minimum Gasteiger partial charge on any atom is -0.455 e. The van der Waals surface area contributed by atoms with Gasteiger partial charge in [0.05, 0.1) is 27.7 Å². The predicted molar refractivity (Wildman–Crippen MR) is 206 cm³/mol.